The van der Waals surface area contributed by atoms with Crippen LogP contribution in [0, 0.1) is 5.92 Å². The van der Waals surface area contributed by atoms with E-state index in [1.807, 2.05) is 4.90 Å². The zero-order chi connectivity index (χ0) is 16.7. The van der Waals surface area contributed by atoms with E-state index < -0.39 is 6.43 Å². The van der Waals surface area contributed by atoms with Crippen LogP contribution in [0.15, 0.2) is 24.3 Å². The van der Waals surface area contributed by atoms with Crippen molar-refractivity contribution in [1.29, 1.82) is 0 Å². The Morgan fingerprint density at radius 2 is 2.04 bits per heavy atom. The van der Waals surface area contributed by atoms with Crippen LogP contribution >= 0.6 is 0 Å². The summed E-state index contributed by atoms with van der Waals surface area (Å²) in [6.07, 6.45) is 0.539. The number of ether oxygens (including phenoxy) is 1. The number of hydrogen-bond acceptors (Lipinski definition) is 2. The Labute approximate surface area is 135 Å². The van der Waals surface area contributed by atoms with Crippen LogP contribution in [0.2, 0.25) is 0 Å². The zero-order valence-corrected chi connectivity index (χ0v) is 13.4. The molecule has 128 valence electrons. The molecule has 0 radical (unpaired) electrons. The minimum Gasteiger partial charge on any atom is -0.384 e. The quantitative estimate of drug-likeness (QED) is 0.898. The smallest absolute Gasteiger partial charge is 0.317 e. The summed E-state index contributed by atoms with van der Waals surface area (Å²) >= 11 is 0. The van der Waals surface area contributed by atoms with Gasteiger partial charge in [0.05, 0.1) is 0 Å². The number of likely N-dealkylation sites (tertiary alicyclic amines) is 1. The van der Waals surface area contributed by atoms with E-state index in [2.05, 4.69) is 5.32 Å². The van der Waals surface area contributed by atoms with E-state index >= 15 is 0 Å². The zero-order valence-electron chi connectivity index (χ0n) is 13.4. The summed E-state index contributed by atoms with van der Waals surface area (Å²) in [5.41, 5.74) is 0.812. The van der Waals surface area contributed by atoms with Gasteiger partial charge in [0.25, 0.3) is 6.43 Å². The number of methoxy groups -OCH3 is 1. The standard InChI is InChI=1S/C17H24F2N2O2/c1-23-12-14-3-2-9-21(10-8-14)17(22)20-11-13-4-6-15(7-5-13)16(18)19/h4-7,14,16H,2-3,8-12H2,1H3,(H,20,22). The normalized spacial score (nSPS) is 18.8. The molecule has 6 heteroatoms. The lowest BCUT2D eigenvalue weighted by Crippen LogP contribution is -2.40. The van der Waals surface area contributed by atoms with Gasteiger partial charge >= 0.3 is 6.03 Å². The van der Waals surface area contributed by atoms with Crippen LogP contribution < -0.4 is 5.32 Å². The van der Waals surface area contributed by atoms with Crippen LogP contribution in [0.3, 0.4) is 0 Å². The number of urea groups is 1. The Bertz CT molecular complexity index is 494. The van der Waals surface area contributed by atoms with Crippen LogP contribution in [-0.4, -0.2) is 37.7 Å². The third-order valence-electron chi connectivity index (χ3n) is 4.21. The minimum absolute atomic E-state index is 0.00298. The van der Waals surface area contributed by atoms with Gasteiger partial charge in [-0.1, -0.05) is 24.3 Å². The number of amides is 2. The molecular weight excluding hydrogens is 302 g/mol. The highest BCUT2D eigenvalue weighted by atomic mass is 19.3. The second kappa shape index (κ2) is 8.82. The molecule has 0 bridgehead atoms. The summed E-state index contributed by atoms with van der Waals surface area (Å²) in [5, 5.41) is 2.86. The first-order valence-corrected chi connectivity index (χ1v) is 7.99. The predicted octanol–water partition coefficient (Wildman–Crippen LogP) is 3.58. The monoisotopic (exact) mass is 326 g/mol. The van der Waals surface area contributed by atoms with E-state index in [0.717, 1.165) is 44.5 Å². The van der Waals surface area contributed by atoms with Crippen molar-refractivity contribution >= 4 is 6.03 Å². The average molecular weight is 326 g/mol. The maximum absolute atomic E-state index is 12.5. The van der Waals surface area contributed by atoms with Crippen LogP contribution in [0.5, 0.6) is 0 Å². The van der Waals surface area contributed by atoms with Crippen molar-refractivity contribution in [3.8, 4) is 0 Å². The summed E-state index contributed by atoms with van der Waals surface area (Å²) in [5.74, 6) is 0.514. The first-order valence-electron chi connectivity index (χ1n) is 7.99. The molecule has 1 N–H and O–H groups in total. The summed E-state index contributed by atoms with van der Waals surface area (Å²) in [4.78, 5) is 14.1. The average Bonchev–Trinajstić information content (AvgIpc) is 2.79. The van der Waals surface area contributed by atoms with Crippen molar-refractivity contribution in [2.45, 2.75) is 32.2 Å². The highest BCUT2D eigenvalue weighted by Crippen LogP contribution is 2.19. The summed E-state index contributed by atoms with van der Waals surface area (Å²) in [7, 11) is 1.70. The molecule has 1 aromatic rings. The van der Waals surface area contributed by atoms with Crippen LogP contribution in [-0.2, 0) is 11.3 Å². The molecule has 0 saturated carbocycles. The first-order chi connectivity index (χ1) is 11.1. The minimum atomic E-state index is -2.46. The van der Waals surface area contributed by atoms with Crippen molar-refractivity contribution in [3.05, 3.63) is 35.4 Å². The summed E-state index contributed by atoms with van der Waals surface area (Å²) in [6.45, 7) is 2.56. The highest BCUT2D eigenvalue weighted by molar-refractivity contribution is 5.74. The lowest BCUT2D eigenvalue weighted by Gasteiger charge is -2.21. The molecule has 4 nitrogen and oxygen atoms in total. The second-order valence-electron chi connectivity index (χ2n) is 5.94. The molecule has 1 saturated heterocycles. The lowest BCUT2D eigenvalue weighted by atomic mass is 10.0. The van der Waals surface area contributed by atoms with Gasteiger partial charge in [0.1, 0.15) is 0 Å². The molecular formula is C17H24F2N2O2. The van der Waals surface area contributed by atoms with Gasteiger partial charge < -0.3 is 15.0 Å². The maximum atomic E-state index is 12.5. The van der Waals surface area contributed by atoms with Gasteiger partial charge in [0.2, 0.25) is 0 Å². The molecule has 1 fully saturated rings. The molecule has 1 heterocycles. The number of nitrogens with one attached hydrogen (secondary N) is 1. The number of halogens is 2. The van der Waals surface area contributed by atoms with Gasteiger partial charge in [0, 0.05) is 38.9 Å². The van der Waals surface area contributed by atoms with Crippen LogP contribution in [0.25, 0.3) is 0 Å². The van der Waals surface area contributed by atoms with Crippen LogP contribution in [0.1, 0.15) is 36.8 Å². The molecule has 2 amide bonds. The van der Waals surface area contributed by atoms with Crippen molar-refractivity contribution < 1.29 is 18.3 Å². The van der Waals surface area contributed by atoms with Gasteiger partial charge in [-0.25, -0.2) is 13.6 Å². The predicted molar refractivity (Wildman–Crippen MR) is 84.4 cm³/mol. The van der Waals surface area contributed by atoms with Crippen LogP contribution in [0.4, 0.5) is 13.6 Å². The van der Waals surface area contributed by atoms with Gasteiger partial charge in [0.15, 0.2) is 0 Å². The molecule has 23 heavy (non-hydrogen) atoms. The Balaban J connectivity index is 1.80. The van der Waals surface area contributed by atoms with E-state index in [1.54, 1.807) is 19.2 Å². The number of hydrogen-bond donors (Lipinski definition) is 1. The Morgan fingerprint density at radius 3 is 2.70 bits per heavy atom. The van der Waals surface area contributed by atoms with E-state index in [1.165, 1.54) is 12.1 Å². The van der Waals surface area contributed by atoms with E-state index in [0.29, 0.717) is 12.5 Å². The molecule has 1 unspecified atom stereocenters. The molecule has 0 aliphatic carbocycles. The van der Waals surface area contributed by atoms with E-state index in [9.17, 15) is 13.6 Å². The van der Waals surface area contributed by atoms with Crippen molar-refractivity contribution in [3.63, 3.8) is 0 Å². The number of rotatable bonds is 5. The largest absolute Gasteiger partial charge is 0.384 e. The fourth-order valence-electron chi connectivity index (χ4n) is 2.84. The first kappa shape index (κ1) is 17.7. The molecule has 1 aliphatic rings. The number of alkyl halides is 2. The lowest BCUT2D eigenvalue weighted by molar-refractivity contribution is 0.144. The molecule has 0 spiro atoms. The Hall–Kier alpha value is -1.69. The third-order valence-corrected chi connectivity index (χ3v) is 4.21. The number of carbonyl (C=O) groups is 1. The van der Waals surface area contributed by atoms with Gasteiger partial charge in [-0.05, 0) is 30.7 Å². The number of nitrogens with zero attached hydrogens (tertiary/aromatic N) is 1. The summed E-state index contributed by atoms with van der Waals surface area (Å²) < 4.78 is 30.2. The van der Waals surface area contributed by atoms with Crippen molar-refractivity contribution in [2.24, 2.45) is 5.92 Å². The van der Waals surface area contributed by atoms with E-state index in [-0.39, 0.29) is 11.6 Å². The second-order valence-corrected chi connectivity index (χ2v) is 5.94. The summed E-state index contributed by atoms with van der Waals surface area (Å²) in [6, 6.07) is 5.94. The van der Waals surface area contributed by atoms with Crippen molar-refractivity contribution in [1.82, 2.24) is 10.2 Å². The number of carbonyl (C=O) groups excluding carboxylic acids is 1. The maximum Gasteiger partial charge on any atom is 0.317 e. The molecule has 1 atom stereocenters. The van der Waals surface area contributed by atoms with Gasteiger partial charge in [-0.2, -0.15) is 0 Å². The van der Waals surface area contributed by atoms with Gasteiger partial charge in [-0.15, -0.1) is 0 Å². The fourth-order valence-corrected chi connectivity index (χ4v) is 2.84. The van der Waals surface area contributed by atoms with Gasteiger partial charge in [-0.3, -0.25) is 0 Å². The third kappa shape index (κ3) is 5.46. The highest BCUT2D eigenvalue weighted by Gasteiger charge is 2.20. The topological polar surface area (TPSA) is 41.6 Å². The molecule has 2 rings (SSSR count). The Kier molecular flexibility index (Phi) is 6.77. The SMILES string of the molecule is COCC1CCCN(C(=O)NCc2ccc(C(F)F)cc2)CC1. The van der Waals surface area contributed by atoms with Crippen molar-refractivity contribution in [2.75, 3.05) is 26.8 Å². The number of benzene rings is 1. The Morgan fingerprint density at radius 1 is 1.30 bits per heavy atom. The molecule has 1 aromatic carbocycles. The fraction of sp³-hybridized carbons (Fsp3) is 0.588. The van der Waals surface area contributed by atoms with E-state index in [4.69, 9.17) is 4.74 Å². The molecule has 1 aliphatic heterocycles. The molecule has 0 aromatic heterocycles.